The summed E-state index contributed by atoms with van der Waals surface area (Å²) in [5.41, 5.74) is 0.716. The number of benzene rings is 1. The molecule has 3 unspecified atom stereocenters. The molecule has 7 atom stereocenters. The molecule has 3 saturated heterocycles. The number of nitrogens with zero attached hydrogens (tertiary/aromatic N) is 3. The van der Waals surface area contributed by atoms with Crippen LogP contribution in [0.4, 0.5) is 5.69 Å². The van der Waals surface area contributed by atoms with Crippen molar-refractivity contribution in [1.82, 2.24) is 9.80 Å². The van der Waals surface area contributed by atoms with Crippen molar-refractivity contribution in [2.24, 2.45) is 17.8 Å². The first kappa shape index (κ1) is 33.1. The standard InChI is InChI=1S/C34H49N3O5S/c1-7-12-13-20-35(18-8-2)33(41)30-34-23(6)21-27(43-34)28(29(34)32(40)37(30)24(10-4)22-38)31(39)36(19-9-3)25-14-16-26(17-15-25)42-11-5/h8-9,14-17,23-24,27-30,38H,2-3,7,10-13,18-22H2,1,4-6H3/t23?,24-,27+,28-,29-,30?,34?/m0/s1. The smallest absolute Gasteiger partial charge is 0.247 e. The molecule has 0 aromatic heterocycles. The number of ether oxygens (including phenoxy) is 1. The third-order valence-electron chi connectivity index (χ3n) is 9.51. The lowest BCUT2D eigenvalue weighted by atomic mass is 9.65. The van der Waals surface area contributed by atoms with Gasteiger partial charge in [0.2, 0.25) is 17.7 Å². The molecule has 43 heavy (non-hydrogen) atoms. The zero-order valence-electron chi connectivity index (χ0n) is 26.2. The number of rotatable bonds is 16. The molecule has 3 heterocycles. The van der Waals surface area contributed by atoms with Gasteiger partial charge in [-0.1, -0.05) is 45.8 Å². The van der Waals surface area contributed by atoms with Crippen LogP contribution in [0.15, 0.2) is 49.6 Å². The van der Waals surface area contributed by atoms with E-state index < -0.39 is 28.7 Å². The molecule has 0 saturated carbocycles. The van der Waals surface area contributed by atoms with Gasteiger partial charge in [-0.25, -0.2) is 0 Å². The van der Waals surface area contributed by atoms with Crippen molar-refractivity contribution in [1.29, 1.82) is 0 Å². The summed E-state index contributed by atoms with van der Waals surface area (Å²) in [4.78, 5) is 48.9. The van der Waals surface area contributed by atoms with Crippen molar-refractivity contribution >= 4 is 35.2 Å². The minimum Gasteiger partial charge on any atom is -0.494 e. The van der Waals surface area contributed by atoms with E-state index in [1.165, 1.54) is 0 Å². The fourth-order valence-corrected chi connectivity index (χ4v) is 9.92. The maximum Gasteiger partial charge on any atom is 0.247 e. The summed E-state index contributed by atoms with van der Waals surface area (Å²) in [5.74, 6) is -0.854. The second kappa shape index (κ2) is 14.3. The maximum absolute atomic E-state index is 14.6. The lowest BCUT2D eigenvalue weighted by Gasteiger charge is -2.42. The first-order chi connectivity index (χ1) is 20.7. The van der Waals surface area contributed by atoms with Crippen LogP contribution >= 0.6 is 11.8 Å². The van der Waals surface area contributed by atoms with Gasteiger partial charge in [0.15, 0.2) is 0 Å². The summed E-state index contributed by atoms with van der Waals surface area (Å²) < 4.78 is 4.85. The predicted molar refractivity (Wildman–Crippen MR) is 173 cm³/mol. The van der Waals surface area contributed by atoms with Gasteiger partial charge in [-0.3, -0.25) is 14.4 Å². The number of aliphatic hydroxyl groups excluding tert-OH is 1. The number of carbonyl (C=O) groups excluding carboxylic acids is 3. The van der Waals surface area contributed by atoms with Gasteiger partial charge in [0, 0.05) is 30.6 Å². The number of anilines is 1. The Bertz CT molecular complexity index is 1170. The number of aliphatic hydroxyl groups is 1. The van der Waals surface area contributed by atoms with Gasteiger partial charge < -0.3 is 24.5 Å². The van der Waals surface area contributed by atoms with E-state index in [4.69, 9.17) is 4.74 Å². The van der Waals surface area contributed by atoms with Crippen molar-refractivity contribution in [2.75, 3.05) is 37.7 Å². The zero-order chi connectivity index (χ0) is 31.3. The fourth-order valence-electron chi connectivity index (χ4n) is 7.52. The SMILES string of the molecule is C=CCN(CCCCC)C(=O)C1N([C@@H](CC)CO)C(=O)[C@@H]2[C@@H](C(=O)N(CC=C)c3ccc(OCC)cc3)[C@H]3CC(C)C12S3. The van der Waals surface area contributed by atoms with Gasteiger partial charge in [-0.15, -0.1) is 24.9 Å². The van der Waals surface area contributed by atoms with Crippen LogP contribution in [-0.4, -0.2) is 87.6 Å². The normalized spacial score (nSPS) is 28.0. The lowest BCUT2D eigenvalue weighted by Crippen LogP contribution is -2.59. The highest BCUT2D eigenvalue weighted by Crippen LogP contribution is 2.69. The maximum atomic E-state index is 14.6. The summed E-state index contributed by atoms with van der Waals surface area (Å²) in [6.45, 7) is 17.5. The summed E-state index contributed by atoms with van der Waals surface area (Å²) >= 11 is 1.67. The topological polar surface area (TPSA) is 90.4 Å². The largest absolute Gasteiger partial charge is 0.494 e. The molecular formula is C34H49N3O5S. The third kappa shape index (κ3) is 5.87. The van der Waals surface area contributed by atoms with Gasteiger partial charge in [0.25, 0.3) is 0 Å². The number of likely N-dealkylation sites (tertiary alicyclic amines) is 1. The first-order valence-electron chi connectivity index (χ1n) is 15.9. The first-order valence-corrected chi connectivity index (χ1v) is 16.8. The quantitative estimate of drug-likeness (QED) is 0.211. The average molecular weight is 612 g/mol. The van der Waals surface area contributed by atoms with Crippen LogP contribution in [0.2, 0.25) is 0 Å². The Hall–Kier alpha value is -2.78. The molecule has 3 aliphatic rings. The fraction of sp³-hybridized carbons (Fsp3) is 0.618. The molecule has 3 aliphatic heterocycles. The molecular weight excluding hydrogens is 562 g/mol. The Morgan fingerprint density at radius 2 is 1.84 bits per heavy atom. The van der Waals surface area contributed by atoms with Crippen molar-refractivity contribution in [3.05, 3.63) is 49.6 Å². The van der Waals surface area contributed by atoms with E-state index in [0.29, 0.717) is 38.3 Å². The molecule has 9 heteroatoms. The van der Waals surface area contributed by atoms with Gasteiger partial charge in [0.1, 0.15) is 11.8 Å². The minimum absolute atomic E-state index is 0.0511. The molecule has 1 aromatic rings. The van der Waals surface area contributed by atoms with Crippen LogP contribution < -0.4 is 9.64 Å². The molecule has 8 nitrogen and oxygen atoms in total. The molecule has 4 rings (SSSR count). The van der Waals surface area contributed by atoms with Crippen LogP contribution in [0.5, 0.6) is 5.75 Å². The molecule has 0 radical (unpaired) electrons. The minimum atomic E-state index is -0.746. The van der Waals surface area contributed by atoms with E-state index in [0.717, 1.165) is 31.4 Å². The van der Waals surface area contributed by atoms with Crippen LogP contribution in [-0.2, 0) is 14.4 Å². The summed E-state index contributed by atoms with van der Waals surface area (Å²) in [6.07, 6.45) is 7.61. The molecule has 3 fully saturated rings. The van der Waals surface area contributed by atoms with E-state index in [1.807, 2.05) is 43.0 Å². The van der Waals surface area contributed by atoms with Crippen molar-refractivity contribution in [3.8, 4) is 5.75 Å². The number of hydrogen-bond donors (Lipinski definition) is 1. The number of amides is 3. The number of thioether (sulfide) groups is 1. The highest BCUT2D eigenvalue weighted by Gasteiger charge is 2.77. The van der Waals surface area contributed by atoms with Crippen molar-refractivity contribution in [2.45, 2.75) is 81.9 Å². The Labute approximate surface area is 261 Å². The zero-order valence-corrected chi connectivity index (χ0v) is 27.1. The Kier molecular flexibility index (Phi) is 11.0. The van der Waals surface area contributed by atoms with E-state index in [1.54, 1.807) is 33.7 Å². The van der Waals surface area contributed by atoms with Crippen LogP contribution in [0.1, 0.15) is 59.8 Å². The highest BCUT2D eigenvalue weighted by atomic mass is 32.2. The van der Waals surface area contributed by atoms with Gasteiger partial charge in [0.05, 0.1) is 35.8 Å². The number of fused-ring (bicyclic) bond motifs is 1. The predicted octanol–water partition coefficient (Wildman–Crippen LogP) is 4.92. The molecule has 236 valence electrons. The number of carbonyl (C=O) groups is 3. The van der Waals surface area contributed by atoms with Crippen LogP contribution in [0.3, 0.4) is 0 Å². The molecule has 1 N–H and O–H groups in total. The Morgan fingerprint density at radius 1 is 1.14 bits per heavy atom. The van der Waals surface area contributed by atoms with E-state index in [9.17, 15) is 19.5 Å². The van der Waals surface area contributed by atoms with Crippen molar-refractivity contribution in [3.63, 3.8) is 0 Å². The molecule has 0 aliphatic carbocycles. The molecule has 3 amide bonds. The number of hydrogen-bond acceptors (Lipinski definition) is 6. The van der Waals surface area contributed by atoms with E-state index >= 15 is 0 Å². The van der Waals surface area contributed by atoms with E-state index in [-0.39, 0.29) is 35.5 Å². The summed E-state index contributed by atoms with van der Waals surface area (Å²) in [5, 5.41) is 10.3. The second-order valence-corrected chi connectivity index (χ2v) is 13.5. The monoisotopic (exact) mass is 611 g/mol. The third-order valence-corrected chi connectivity index (χ3v) is 11.6. The summed E-state index contributed by atoms with van der Waals surface area (Å²) in [6, 6.07) is 6.17. The van der Waals surface area contributed by atoms with Crippen LogP contribution in [0, 0.1) is 17.8 Å². The molecule has 1 spiro atoms. The Balaban J connectivity index is 1.76. The highest BCUT2D eigenvalue weighted by molar-refractivity contribution is 8.02. The second-order valence-electron chi connectivity index (χ2n) is 12.0. The van der Waals surface area contributed by atoms with Crippen LogP contribution in [0.25, 0.3) is 0 Å². The lowest BCUT2D eigenvalue weighted by molar-refractivity contribution is -0.145. The van der Waals surface area contributed by atoms with Gasteiger partial charge in [-0.05, 0) is 56.4 Å². The summed E-state index contributed by atoms with van der Waals surface area (Å²) in [7, 11) is 0. The van der Waals surface area contributed by atoms with Crippen molar-refractivity contribution < 1.29 is 24.2 Å². The Morgan fingerprint density at radius 3 is 2.42 bits per heavy atom. The van der Waals surface area contributed by atoms with Gasteiger partial charge in [-0.2, -0.15) is 0 Å². The molecule has 2 bridgehead atoms. The number of unbranched alkanes of at least 4 members (excludes halogenated alkanes) is 2. The van der Waals surface area contributed by atoms with E-state index in [2.05, 4.69) is 27.0 Å². The average Bonchev–Trinajstić information content (AvgIpc) is 3.60. The van der Waals surface area contributed by atoms with Gasteiger partial charge >= 0.3 is 0 Å². The molecule has 1 aromatic carbocycles.